The molecule has 5 nitrogen and oxygen atoms in total. The minimum Gasteiger partial charge on any atom is -0.398 e. The zero-order chi connectivity index (χ0) is 14.5. The number of aryl methyl sites for hydroxylation is 1. The van der Waals surface area contributed by atoms with Crippen LogP contribution in [0.5, 0.6) is 0 Å². The van der Waals surface area contributed by atoms with E-state index in [-0.39, 0.29) is 11.8 Å². The van der Waals surface area contributed by atoms with Crippen molar-refractivity contribution in [3.8, 4) is 0 Å². The average molecular weight is 275 g/mol. The monoisotopic (exact) mass is 275 g/mol. The van der Waals surface area contributed by atoms with Gasteiger partial charge in [-0.2, -0.15) is 0 Å². The van der Waals surface area contributed by atoms with Gasteiger partial charge in [-0.15, -0.1) is 0 Å². The highest BCUT2D eigenvalue weighted by Gasteiger charge is 2.18. The first-order valence-electron chi connectivity index (χ1n) is 7.00. The first kappa shape index (κ1) is 14.4. The number of anilines is 1. The van der Waals surface area contributed by atoms with Gasteiger partial charge in [-0.1, -0.05) is 12.1 Å². The highest BCUT2D eigenvalue weighted by atomic mass is 16.2. The molecule has 1 heterocycles. The fourth-order valence-electron chi connectivity index (χ4n) is 2.38. The third-order valence-corrected chi connectivity index (χ3v) is 3.65. The Labute approximate surface area is 119 Å². The van der Waals surface area contributed by atoms with Gasteiger partial charge in [0.25, 0.3) is 5.91 Å². The van der Waals surface area contributed by atoms with E-state index in [1.54, 1.807) is 12.1 Å². The maximum Gasteiger partial charge on any atom is 0.253 e. The van der Waals surface area contributed by atoms with Crippen molar-refractivity contribution in [2.75, 3.05) is 25.4 Å². The molecule has 5 heteroatoms. The number of carbonyl (C=O) groups excluding carboxylic acids is 2. The van der Waals surface area contributed by atoms with Crippen molar-refractivity contribution in [3.63, 3.8) is 0 Å². The van der Waals surface area contributed by atoms with E-state index in [9.17, 15) is 9.59 Å². The van der Waals surface area contributed by atoms with E-state index in [0.29, 0.717) is 24.2 Å². The molecule has 1 saturated heterocycles. The van der Waals surface area contributed by atoms with Crippen molar-refractivity contribution >= 4 is 17.5 Å². The molecule has 1 fully saturated rings. The Balaban J connectivity index is 1.83. The lowest BCUT2D eigenvalue weighted by Gasteiger charge is -2.15. The fourth-order valence-corrected chi connectivity index (χ4v) is 2.38. The molecule has 1 aromatic carbocycles. The normalized spacial score (nSPS) is 14.3. The van der Waals surface area contributed by atoms with Gasteiger partial charge in [0, 0.05) is 31.7 Å². The number of nitrogens with zero attached hydrogens (tertiary/aromatic N) is 1. The maximum atomic E-state index is 12.0. The van der Waals surface area contributed by atoms with Crippen LogP contribution < -0.4 is 11.1 Å². The third kappa shape index (κ3) is 3.29. The Hall–Kier alpha value is -2.04. The lowest BCUT2D eigenvalue weighted by molar-refractivity contribution is -0.129. The van der Waals surface area contributed by atoms with Crippen molar-refractivity contribution in [1.29, 1.82) is 0 Å². The van der Waals surface area contributed by atoms with Crippen molar-refractivity contribution in [2.24, 2.45) is 0 Å². The number of nitrogen functional groups attached to an aromatic ring is 1. The number of likely N-dealkylation sites (tertiary alicyclic amines) is 1. The van der Waals surface area contributed by atoms with Gasteiger partial charge in [0.15, 0.2) is 0 Å². The number of nitrogens with two attached hydrogens (primary N) is 1. The highest BCUT2D eigenvalue weighted by Crippen LogP contribution is 2.16. The molecule has 0 saturated carbocycles. The molecule has 2 amide bonds. The Morgan fingerprint density at radius 3 is 2.70 bits per heavy atom. The maximum absolute atomic E-state index is 12.0. The predicted molar refractivity (Wildman–Crippen MR) is 78.4 cm³/mol. The zero-order valence-electron chi connectivity index (χ0n) is 11.8. The van der Waals surface area contributed by atoms with Gasteiger partial charge in [0.2, 0.25) is 5.91 Å². The van der Waals surface area contributed by atoms with E-state index >= 15 is 0 Å². The van der Waals surface area contributed by atoms with E-state index in [2.05, 4.69) is 5.32 Å². The predicted octanol–water partition coefficient (Wildman–Crippen LogP) is 1.32. The van der Waals surface area contributed by atoms with E-state index in [0.717, 1.165) is 31.5 Å². The van der Waals surface area contributed by atoms with E-state index in [1.165, 1.54) is 0 Å². The van der Waals surface area contributed by atoms with Gasteiger partial charge in [0.05, 0.1) is 5.56 Å². The molecule has 108 valence electrons. The Morgan fingerprint density at radius 2 is 2.00 bits per heavy atom. The molecule has 0 aliphatic carbocycles. The molecule has 1 aromatic rings. The minimum atomic E-state index is -0.222. The second kappa shape index (κ2) is 6.41. The summed E-state index contributed by atoms with van der Waals surface area (Å²) < 4.78 is 0. The molecule has 1 aliphatic rings. The van der Waals surface area contributed by atoms with Crippen LogP contribution in [-0.2, 0) is 4.79 Å². The molecule has 20 heavy (non-hydrogen) atoms. The first-order valence-corrected chi connectivity index (χ1v) is 7.00. The van der Waals surface area contributed by atoms with E-state index in [1.807, 2.05) is 17.9 Å². The molecule has 1 aliphatic heterocycles. The smallest absolute Gasteiger partial charge is 0.253 e. The molecule has 0 spiro atoms. The van der Waals surface area contributed by atoms with E-state index in [4.69, 9.17) is 5.73 Å². The van der Waals surface area contributed by atoms with Gasteiger partial charge in [0.1, 0.15) is 0 Å². The topological polar surface area (TPSA) is 75.4 Å². The molecule has 3 N–H and O–H groups in total. The van der Waals surface area contributed by atoms with Crippen molar-refractivity contribution in [3.05, 3.63) is 29.3 Å². The summed E-state index contributed by atoms with van der Waals surface area (Å²) in [7, 11) is 0. The van der Waals surface area contributed by atoms with Crippen LogP contribution in [0.4, 0.5) is 5.69 Å². The Morgan fingerprint density at radius 1 is 1.30 bits per heavy atom. The van der Waals surface area contributed by atoms with Gasteiger partial charge < -0.3 is 16.0 Å². The second-order valence-electron chi connectivity index (χ2n) is 5.13. The quantitative estimate of drug-likeness (QED) is 0.814. The van der Waals surface area contributed by atoms with Crippen molar-refractivity contribution in [2.45, 2.75) is 26.2 Å². The molecular formula is C15H21N3O2. The summed E-state index contributed by atoms with van der Waals surface area (Å²) in [6.45, 7) is 3.90. The summed E-state index contributed by atoms with van der Waals surface area (Å²) in [5.74, 6) is -0.111. The summed E-state index contributed by atoms with van der Waals surface area (Å²) in [6, 6.07) is 5.36. The number of para-hydroxylation sites is 1. The molecule has 0 aromatic heterocycles. The van der Waals surface area contributed by atoms with Crippen LogP contribution in [-0.4, -0.2) is 36.3 Å². The number of hydrogen-bond acceptors (Lipinski definition) is 3. The fraction of sp³-hybridized carbons (Fsp3) is 0.467. The third-order valence-electron chi connectivity index (χ3n) is 3.65. The molecular weight excluding hydrogens is 254 g/mol. The summed E-state index contributed by atoms with van der Waals surface area (Å²) in [5, 5.41) is 2.75. The number of rotatable bonds is 4. The highest BCUT2D eigenvalue weighted by molar-refractivity contribution is 5.99. The number of carbonyl (C=O) groups is 2. The minimum absolute atomic E-state index is 0.111. The largest absolute Gasteiger partial charge is 0.398 e. The van der Waals surface area contributed by atoms with Crippen LogP contribution in [0.1, 0.15) is 35.2 Å². The van der Waals surface area contributed by atoms with Crippen molar-refractivity contribution < 1.29 is 9.59 Å². The van der Waals surface area contributed by atoms with E-state index < -0.39 is 0 Å². The first-order chi connectivity index (χ1) is 9.59. The SMILES string of the molecule is Cc1cccc(C(=O)NCCC(=O)N2CCCC2)c1N. The second-order valence-corrected chi connectivity index (χ2v) is 5.13. The molecule has 0 bridgehead atoms. The van der Waals surface area contributed by atoms with Gasteiger partial charge in [-0.05, 0) is 31.4 Å². The van der Waals surface area contributed by atoms with Crippen molar-refractivity contribution in [1.82, 2.24) is 10.2 Å². The lowest BCUT2D eigenvalue weighted by atomic mass is 10.1. The Kier molecular flexibility index (Phi) is 4.61. The van der Waals surface area contributed by atoms with Gasteiger partial charge >= 0.3 is 0 Å². The van der Waals surface area contributed by atoms with Crippen LogP contribution in [0.25, 0.3) is 0 Å². The summed E-state index contributed by atoms with van der Waals surface area (Å²) in [5.41, 5.74) is 7.73. The number of nitrogens with one attached hydrogen (secondary N) is 1. The molecule has 0 atom stereocenters. The average Bonchev–Trinajstić information content (AvgIpc) is 2.95. The standard InChI is InChI=1S/C15H21N3O2/c1-11-5-4-6-12(14(11)16)15(20)17-8-7-13(19)18-9-2-3-10-18/h4-6H,2-3,7-10,16H2,1H3,(H,17,20). The summed E-state index contributed by atoms with van der Waals surface area (Å²) in [6.07, 6.45) is 2.51. The molecule has 2 rings (SSSR count). The number of hydrogen-bond donors (Lipinski definition) is 2. The van der Waals surface area contributed by atoms with Gasteiger partial charge in [-0.25, -0.2) is 0 Å². The Bertz CT molecular complexity index is 508. The van der Waals surface area contributed by atoms with Gasteiger partial charge in [-0.3, -0.25) is 9.59 Å². The molecule has 0 radical (unpaired) electrons. The zero-order valence-corrected chi connectivity index (χ0v) is 11.8. The lowest BCUT2D eigenvalue weighted by Crippen LogP contribution is -2.33. The molecule has 0 unspecified atom stereocenters. The van der Waals surface area contributed by atoms with Crippen LogP contribution in [0.3, 0.4) is 0 Å². The number of benzene rings is 1. The number of amides is 2. The van der Waals surface area contributed by atoms with Crippen LogP contribution in [0.2, 0.25) is 0 Å². The summed E-state index contributed by atoms with van der Waals surface area (Å²) in [4.78, 5) is 25.7. The van der Waals surface area contributed by atoms with Crippen LogP contribution in [0, 0.1) is 6.92 Å². The summed E-state index contributed by atoms with van der Waals surface area (Å²) >= 11 is 0. The van der Waals surface area contributed by atoms with Crippen LogP contribution >= 0.6 is 0 Å². The van der Waals surface area contributed by atoms with Crippen LogP contribution in [0.15, 0.2) is 18.2 Å².